The van der Waals surface area contributed by atoms with Crippen LogP contribution in [-0.4, -0.2) is 29.2 Å². The molecule has 110 valence electrons. The summed E-state index contributed by atoms with van der Waals surface area (Å²) in [6, 6.07) is 8.47. The van der Waals surface area contributed by atoms with Gasteiger partial charge in [0.1, 0.15) is 12.4 Å². The van der Waals surface area contributed by atoms with Crippen LogP contribution in [0.4, 0.5) is 0 Å². The van der Waals surface area contributed by atoms with Crippen molar-refractivity contribution in [2.24, 2.45) is 0 Å². The first kappa shape index (κ1) is 15.0. The first-order valence-electron chi connectivity index (χ1n) is 6.73. The zero-order valence-electron chi connectivity index (χ0n) is 11.9. The fourth-order valence-corrected chi connectivity index (χ4v) is 1.88. The number of aromatic nitrogens is 1. The van der Waals surface area contributed by atoms with Gasteiger partial charge >= 0.3 is 5.97 Å². The summed E-state index contributed by atoms with van der Waals surface area (Å²) >= 11 is 0. The van der Waals surface area contributed by atoms with Gasteiger partial charge in [-0.15, -0.1) is 0 Å². The highest BCUT2D eigenvalue weighted by Crippen LogP contribution is 2.13. The molecule has 0 aliphatic carbocycles. The molecule has 1 heterocycles. The minimum absolute atomic E-state index is 0.230. The zero-order chi connectivity index (χ0) is 15.1. The number of benzene rings is 1. The van der Waals surface area contributed by atoms with E-state index in [-0.39, 0.29) is 5.56 Å². The molecule has 2 aromatic rings. The quantitative estimate of drug-likeness (QED) is 0.764. The first-order chi connectivity index (χ1) is 10.2. The molecule has 0 fully saturated rings. The molecule has 2 rings (SSSR count). The summed E-state index contributed by atoms with van der Waals surface area (Å²) in [5.41, 5.74) is 2.59. The van der Waals surface area contributed by atoms with Crippen LogP contribution < -0.4 is 10.1 Å². The fourth-order valence-electron chi connectivity index (χ4n) is 1.88. The van der Waals surface area contributed by atoms with E-state index in [0.29, 0.717) is 18.9 Å². The molecule has 2 N–H and O–H groups in total. The Labute approximate surface area is 123 Å². The third kappa shape index (κ3) is 4.57. The van der Waals surface area contributed by atoms with Gasteiger partial charge in [-0.25, -0.2) is 4.79 Å². The van der Waals surface area contributed by atoms with Crippen molar-refractivity contribution in [1.82, 2.24) is 10.3 Å². The number of rotatable bonds is 7. The van der Waals surface area contributed by atoms with Crippen molar-refractivity contribution in [1.29, 1.82) is 0 Å². The van der Waals surface area contributed by atoms with Crippen molar-refractivity contribution >= 4 is 5.97 Å². The van der Waals surface area contributed by atoms with Gasteiger partial charge in [-0.3, -0.25) is 4.98 Å². The molecular weight excluding hydrogens is 268 g/mol. The molecule has 0 radical (unpaired) electrons. The lowest BCUT2D eigenvalue weighted by molar-refractivity contribution is 0.0696. The zero-order valence-corrected chi connectivity index (χ0v) is 11.9. The number of pyridine rings is 1. The number of nitrogens with zero attached hydrogens (tertiary/aromatic N) is 1. The summed E-state index contributed by atoms with van der Waals surface area (Å²) in [5.74, 6) is -0.386. The van der Waals surface area contributed by atoms with Crippen molar-refractivity contribution in [3.8, 4) is 5.75 Å². The van der Waals surface area contributed by atoms with Crippen molar-refractivity contribution in [3.05, 3.63) is 59.4 Å². The summed E-state index contributed by atoms with van der Waals surface area (Å²) in [4.78, 5) is 14.9. The van der Waals surface area contributed by atoms with E-state index in [1.54, 1.807) is 24.4 Å². The molecule has 5 nitrogen and oxygen atoms in total. The number of nitrogens with one attached hydrogen (secondary N) is 1. The number of hydrogen-bond donors (Lipinski definition) is 2. The average molecular weight is 286 g/mol. The van der Waals surface area contributed by atoms with Crippen molar-refractivity contribution in [2.75, 3.05) is 13.2 Å². The van der Waals surface area contributed by atoms with E-state index in [9.17, 15) is 4.79 Å². The second kappa shape index (κ2) is 7.40. The van der Waals surface area contributed by atoms with E-state index in [4.69, 9.17) is 9.84 Å². The molecular formula is C16H18N2O3. The Bertz CT molecular complexity index is 614. The molecule has 0 aliphatic heterocycles. The molecule has 0 unspecified atom stereocenters. The summed E-state index contributed by atoms with van der Waals surface area (Å²) in [5, 5.41) is 12.2. The van der Waals surface area contributed by atoms with E-state index in [2.05, 4.69) is 10.3 Å². The standard InChI is InChI=1S/C16H18N2O3/c1-12-10-17-6-5-14(12)11-18-7-8-21-15-4-2-3-13(9-15)16(19)20/h2-6,9-10,18H,7-8,11H2,1H3,(H,19,20). The summed E-state index contributed by atoms with van der Waals surface area (Å²) in [7, 11) is 0. The Kier molecular flexibility index (Phi) is 5.29. The lowest BCUT2D eigenvalue weighted by atomic mass is 10.1. The van der Waals surface area contributed by atoms with Crippen molar-refractivity contribution in [2.45, 2.75) is 13.5 Å². The maximum absolute atomic E-state index is 10.8. The molecule has 0 saturated heterocycles. The highest BCUT2D eigenvalue weighted by Gasteiger charge is 2.03. The maximum Gasteiger partial charge on any atom is 0.335 e. The Morgan fingerprint density at radius 1 is 1.38 bits per heavy atom. The number of ether oxygens (including phenoxy) is 1. The van der Waals surface area contributed by atoms with Crippen LogP contribution >= 0.6 is 0 Å². The molecule has 0 saturated carbocycles. The van der Waals surface area contributed by atoms with Crippen LogP contribution in [-0.2, 0) is 6.54 Å². The smallest absolute Gasteiger partial charge is 0.335 e. The highest BCUT2D eigenvalue weighted by atomic mass is 16.5. The van der Waals surface area contributed by atoms with Crippen LogP contribution in [0.25, 0.3) is 0 Å². The van der Waals surface area contributed by atoms with Gasteiger partial charge in [0.05, 0.1) is 5.56 Å². The Balaban J connectivity index is 1.74. The van der Waals surface area contributed by atoms with Crippen LogP contribution in [0.15, 0.2) is 42.7 Å². The molecule has 0 aliphatic rings. The van der Waals surface area contributed by atoms with Gasteiger partial charge in [0.15, 0.2) is 0 Å². The van der Waals surface area contributed by atoms with Crippen molar-refractivity contribution < 1.29 is 14.6 Å². The topological polar surface area (TPSA) is 71.5 Å². The third-order valence-corrected chi connectivity index (χ3v) is 3.08. The van der Waals surface area contributed by atoms with Crippen LogP contribution in [0, 0.1) is 6.92 Å². The Morgan fingerprint density at radius 2 is 2.24 bits per heavy atom. The monoisotopic (exact) mass is 286 g/mol. The minimum atomic E-state index is -0.952. The fraction of sp³-hybridized carbons (Fsp3) is 0.250. The van der Waals surface area contributed by atoms with Crippen LogP contribution in [0.3, 0.4) is 0 Å². The van der Waals surface area contributed by atoms with Gasteiger partial charge in [0.25, 0.3) is 0 Å². The van der Waals surface area contributed by atoms with Gasteiger partial charge in [-0.05, 0) is 42.3 Å². The molecule has 0 bridgehead atoms. The second-order valence-corrected chi connectivity index (χ2v) is 4.66. The van der Waals surface area contributed by atoms with E-state index >= 15 is 0 Å². The minimum Gasteiger partial charge on any atom is -0.492 e. The number of hydrogen-bond acceptors (Lipinski definition) is 4. The average Bonchev–Trinajstić information content (AvgIpc) is 2.49. The Morgan fingerprint density at radius 3 is 3.00 bits per heavy atom. The summed E-state index contributed by atoms with van der Waals surface area (Å²) in [6.07, 6.45) is 3.61. The number of aromatic carboxylic acids is 1. The summed E-state index contributed by atoms with van der Waals surface area (Å²) < 4.78 is 5.53. The molecule has 1 aromatic heterocycles. The lowest BCUT2D eigenvalue weighted by Gasteiger charge is -2.09. The van der Waals surface area contributed by atoms with Gasteiger partial charge in [0, 0.05) is 25.5 Å². The van der Waals surface area contributed by atoms with Gasteiger partial charge in [0.2, 0.25) is 0 Å². The molecule has 0 atom stereocenters. The summed E-state index contributed by atoms with van der Waals surface area (Å²) in [6.45, 7) is 3.94. The van der Waals surface area contributed by atoms with Crippen LogP contribution in [0.5, 0.6) is 5.75 Å². The number of aryl methyl sites for hydroxylation is 1. The largest absolute Gasteiger partial charge is 0.492 e. The highest BCUT2D eigenvalue weighted by molar-refractivity contribution is 5.87. The lowest BCUT2D eigenvalue weighted by Crippen LogP contribution is -2.21. The number of carboxylic acids is 1. The molecule has 5 heteroatoms. The Hall–Kier alpha value is -2.40. The number of carboxylic acid groups (broad SMARTS) is 1. The van der Waals surface area contributed by atoms with Gasteiger partial charge < -0.3 is 15.2 Å². The SMILES string of the molecule is Cc1cnccc1CNCCOc1cccc(C(=O)O)c1. The predicted molar refractivity (Wildman–Crippen MR) is 79.6 cm³/mol. The van der Waals surface area contributed by atoms with Crippen molar-refractivity contribution in [3.63, 3.8) is 0 Å². The van der Waals surface area contributed by atoms with Crippen LogP contribution in [0.2, 0.25) is 0 Å². The second-order valence-electron chi connectivity index (χ2n) is 4.66. The predicted octanol–water partition coefficient (Wildman–Crippen LogP) is 2.26. The molecule has 1 aromatic carbocycles. The van der Waals surface area contributed by atoms with E-state index in [1.165, 1.54) is 11.6 Å². The van der Waals surface area contributed by atoms with Crippen LogP contribution in [0.1, 0.15) is 21.5 Å². The number of carbonyl (C=O) groups is 1. The maximum atomic E-state index is 10.8. The van der Waals surface area contributed by atoms with Gasteiger partial charge in [-0.1, -0.05) is 6.07 Å². The van der Waals surface area contributed by atoms with E-state index in [1.807, 2.05) is 19.2 Å². The molecule has 0 amide bonds. The molecule has 0 spiro atoms. The van der Waals surface area contributed by atoms with E-state index < -0.39 is 5.97 Å². The van der Waals surface area contributed by atoms with Gasteiger partial charge in [-0.2, -0.15) is 0 Å². The third-order valence-electron chi connectivity index (χ3n) is 3.08. The normalized spacial score (nSPS) is 10.3. The van der Waals surface area contributed by atoms with E-state index in [0.717, 1.165) is 12.1 Å². The molecule has 21 heavy (non-hydrogen) atoms. The first-order valence-corrected chi connectivity index (χ1v) is 6.73.